The fourth-order valence-corrected chi connectivity index (χ4v) is 2.18. The van der Waals surface area contributed by atoms with Gasteiger partial charge in [0.2, 0.25) is 5.91 Å². The monoisotopic (exact) mass is 242 g/mol. The molecular formula is C13H26N2O2. The van der Waals surface area contributed by atoms with Gasteiger partial charge >= 0.3 is 0 Å². The van der Waals surface area contributed by atoms with Crippen LogP contribution in [-0.4, -0.2) is 50.2 Å². The number of likely N-dealkylation sites (N-methyl/N-ethyl adjacent to an activating group) is 1. The van der Waals surface area contributed by atoms with Gasteiger partial charge in [-0.2, -0.15) is 0 Å². The number of rotatable bonds is 5. The van der Waals surface area contributed by atoms with Gasteiger partial charge in [0, 0.05) is 26.7 Å². The van der Waals surface area contributed by atoms with Gasteiger partial charge < -0.3 is 15.0 Å². The van der Waals surface area contributed by atoms with Gasteiger partial charge in [0.25, 0.3) is 0 Å². The Morgan fingerprint density at radius 2 is 2.18 bits per heavy atom. The highest BCUT2D eigenvalue weighted by Gasteiger charge is 2.25. The van der Waals surface area contributed by atoms with Crippen molar-refractivity contribution in [3.63, 3.8) is 0 Å². The van der Waals surface area contributed by atoms with Crippen LogP contribution in [0.3, 0.4) is 0 Å². The fourth-order valence-electron chi connectivity index (χ4n) is 2.18. The molecule has 1 amide bonds. The van der Waals surface area contributed by atoms with Crippen LogP contribution in [0.15, 0.2) is 0 Å². The number of nitrogens with zero attached hydrogens (tertiary/aromatic N) is 1. The highest BCUT2D eigenvalue weighted by Crippen LogP contribution is 2.12. The minimum Gasteiger partial charge on any atom is -0.380 e. The van der Waals surface area contributed by atoms with E-state index in [0.717, 1.165) is 32.5 Å². The van der Waals surface area contributed by atoms with E-state index in [-0.39, 0.29) is 11.9 Å². The van der Waals surface area contributed by atoms with Crippen LogP contribution in [0.25, 0.3) is 0 Å². The molecular weight excluding hydrogens is 216 g/mol. The van der Waals surface area contributed by atoms with Crippen LogP contribution in [0.5, 0.6) is 0 Å². The molecule has 4 nitrogen and oxygen atoms in total. The summed E-state index contributed by atoms with van der Waals surface area (Å²) < 4.78 is 5.44. The summed E-state index contributed by atoms with van der Waals surface area (Å²) in [5.41, 5.74) is 0. The van der Waals surface area contributed by atoms with Crippen LogP contribution < -0.4 is 5.32 Å². The molecule has 0 aromatic heterocycles. The molecule has 1 saturated heterocycles. The lowest BCUT2D eigenvalue weighted by Crippen LogP contribution is -2.50. The zero-order chi connectivity index (χ0) is 12.8. The van der Waals surface area contributed by atoms with Crippen LogP contribution in [0.1, 0.15) is 33.1 Å². The van der Waals surface area contributed by atoms with Crippen LogP contribution in [0, 0.1) is 5.92 Å². The predicted octanol–water partition coefficient (Wildman–Crippen LogP) is 1.26. The Balaban J connectivity index is 2.52. The van der Waals surface area contributed by atoms with Gasteiger partial charge in [-0.1, -0.05) is 13.8 Å². The first-order valence-electron chi connectivity index (χ1n) is 6.55. The molecule has 0 aromatic carbocycles. The molecule has 2 unspecified atom stereocenters. The molecule has 0 spiro atoms. The zero-order valence-corrected chi connectivity index (χ0v) is 11.5. The summed E-state index contributed by atoms with van der Waals surface area (Å²) in [5, 5.41) is 3.45. The zero-order valence-electron chi connectivity index (χ0n) is 11.5. The normalized spacial score (nSPS) is 22.5. The molecule has 1 heterocycles. The Kier molecular flexibility index (Phi) is 5.92. The molecule has 17 heavy (non-hydrogen) atoms. The Bertz CT molecular complexity index is 236. The first-order valence-corrected chi connectivity index (χ1v) is 6.55. The third-order valence-corrected chi connectivity index (χ3v) is 3.04. The summed E-state index contributed by atoms with van der Waals surface area (Å²) >= 11 is 0. The van der Waals surface area contributed by atoms with E-state index in [2.05, 4.69) is 19.2 Å². The molecule has 0 aromatic rings. The van der Waals surface area contributed by atoms with E-state index in [0.29, 0.717) is 12.0 Å². The molecule has 0 aliphatic carbocycles. The van der Waals surface area contributed by atoms with Crippen LogP contribution >= 0.6 is 0 Å². The Morgan fingerprint density at radius 3 is 2.65 bits per heavy atom. The van der Waals surface area contributed by atoms with Gasteiger partial charge in [0.1, 0.15) is 0 Å². The van der Waals surface area contributed by atoms with Crippen molar-refractivity contribution >= 4 is 5.91 Å². The van der Waals surface area contributed by atoms with Crippen molar-refractivity contribution in [2.75, 3.05) is 27.3 Å². The fraction of sp³-hybridized carbons (Fsp3) is 0.923. The van der Waals surface area contributed by atoms with E-state index in [9.17, 15) is 4.79 Å². The van der Waals surface area contributed by atoms with E-state index in [4.69, 9.17) is 4.74 Å². The first kappa shape index (κ1) is 14.5. The maximum absolute atomic E-state index is 12.1. The second kappa shape index (κ2) is 6.97. The molecule has 100 valence electrons. The van der Waals surface area contributed by atoms with Gasteiger partial charge in [-0.15, -0.1) is 0 Å². The van der Waals surface area contributed by atoms with Crippen molar-refractivity contribution in [3.05, 3.63) is 0 Å². The van der Waals surface area contributed by atoms with Gasteiger partial charge in [-0.25, -0.2) is 0 Å². The number of nitrogens with one attached hydrogen (secondary N) is 1. The number of hydrogen-bond acceptors (Lipinski definition) is 3. The maximum atomic E-state index is 12.1. The molecule has 1 rings (SSSR count). The number of carbonyl (C=O) groups excluding carboxylic acids is 1. The lowest BCUT2D eigenvalue weighted by atomic mass is 10.0. The molecule has 1 aliphatic rings. The van der Waals surface area contributed by atoms with E-state index in [1.54, 1.807) is 4.90 Å². The average Bonchev–Trinajstić information content (AvgIpc) is 2.28. The molecule has 2 atom stereocenters. The molecule has 0 radical (unpaired) electrons. The Morgan fingerprint density at radius 1 is 1.47 bits per heavy atom. The van der Waals surface area contributed by atoms with Gasteiger partial charge in [-0.05, 0) is 25.2 Å². The van der Waals surface area contributed by atoms with Crippen LogP contribution in [0.4, 0.5) is 0 Å². The number of ether oxygens (including phenoxy) is 1. The van der Waals surface area contributed by atoms with Crippen molar-refractivity contribution in [3.8, 4) is 0 Å². The minimum absolute atomic E-state index is 0.0725. The smallest absolute Gasteiger partial charge is 0.239 e. The van der Waals surface area contributed by atoms with Gasteiger partial charge in [-0.3, -0.25) is 4.79 Å². The third kappa shape index (κ3) is 5.04. The molecule has 1 aliphatic heterocycles. The number of carbonyl (C=O) groups is 1. The minimum atomic E-state index is -0.0725. The largest absolute Gasteiger partial charge is 0.380 e. The molecule has 4 heteroatoms. The van der Waals surface area contributed by atoms with Crippen molar-refractivity contribution in [1.82, 2.24) is 10.2 Å². The van der Waals surface area contributed by atoms with E-state index in [1.165, 1.54) is 0 Å². The van der Waals surface area contributed by atoms with E-state index < -0.39 is 0 Å². The lowest BCUT2D eigenvalue weighted by molar-refractivity contribution is -0.131. The Hall–Kier alpha value is -0.610. The Labute approximate surface area is 105 Å². The topological polar surface area (TPSA) is 41.6 Å². The molecule has 1 N–H and O–H groups in total. The van der Waals surface area contributed by atoms with Crippen LogP contribution in [0.2, 0.25) is 0 Å². The van der Waals surface area contributed by atoms with Crippen LogP contribution in [-0.2, 0) is 9.53 Å². The van der Waals surface area contributed by atoms with Gasteiger partial charge in [0.05, 0.1) is 12.6 Å². The van der Waals surface area contributed by atoms with E-state index >= 15 is 0 Å². The molecule has 0 saturated carbocycles. The lowest BCUT2D eigenvalue weighted by Gasteiger charge is -2.30. The predicted molar refractivity (Wildman–Crippen MR) is 68.9 cm³/mol. The van der Waals surface area contributed by atoms with Crippen molar-refractivity contribution in [1.29, 1.82) is 0 Å². The summed E-state index contributed by atoms with van der Waals surface area (Å²) in [4.78, 5) is 13.7. The summed E-state index contributed by atoms with van der Waals surface area (Å²) in [7, 11) is 3.63. The first-order chi connectivity index (χ1) is 8.00. The number of amides is 1. The van der Waals surface area contributed by atoms with Crippen molar-refractivity contribution in [2.45, 2.75) is 45.2 Å². The average molecular weight is 242 g/mol. The highest BCUT2D eigenvalue weighted by molar-refractivity contribution is 5.81. The highest BCUT2D eigenvalue weighted by atomic mass is 16.5. The second-order valence-electron chi connectivity index (χ2n) is 5.50. The molecule has 0 bridgehead atoms. The van der Waals surface area contributed by atoms with Crippen molar-refractivity contribution in [2.24, 2.45) is 5.92 Å². The summed E-state index contributed by atoms with van der Waals surface area (Å²) in [6.45, 7) is 5.88. The van der Waals surface area contributed by atoms with E-state index in [1.807, 2.05) is 14.1 Å². The summed E-state index contributed by atoms with van der Waals surface area (Å²) in [5.74, 6) is 0.685. The SMILES string of the molecule is CC(C)CC(NC1CCCOC1)C(=O)N(C)C. The maximum Gasteiger partial charge on any atom is 0.239 e. The second-order valence-corrected chi connectivity index (χ2v) is 5.50. The van der Waals surface area contributed by atoms with Crippen molar-refractivity contribution < 1.29 is 9.53 Å². The number of hydrogen-bond donors (Lipinski definition) is 1. The standard InChI is InChI=1S/C13H26N2O2/c1-10(2)8-12(13(16)15(3)4)14-11-6-5-7-17-9-11/h10-12,14H,5-9H2,1-4H3. The quantitative estimate of drug-likeness (QED) is 0.789. The summed E-state index contributed by atoms with van der Waals surface area (Å²) in [6, 6.07) is 0.257. The van der Waals surface area contributed by atoms with Gasteiger partial charge in [0.15, 0.2) is 0 Å². The summed E-state index contributed by atoms with van der Waals surface area (Å²) in [6.07, 6.45) is 3.07. The third-order valence-electron chi connectivity index (χ3n) is 3.04. The molecule has 1 fully saturated rings.